The summed E-state index contributed by atoms with van der Waals surface area (Å²) in [7, 11) is 1.47. The van der Waals surface area contributed by atoms with Crippen LogP contribution in [0.15, 0.2) is 18.2 Å². The molecule has 29 heavy (non-hydrogen) atoms. The number of urea groups is 1. The zero-order valence-electron chi connectivity index (χ0n) is 17.6. The Morgan fingerprint density at radius 1 is 1.24 bits per heavy atom. The maximum atomic E-state index is 12.2. The van der Waals surface area contributed by atoms with Crippen molar-refractivity contribution in [3.63, 3.8) is 0 Å². The first-order valence-electron chi connectivity index (χ1n) is 9.60. The van der Waals surface area contributed by atoms with Gasteiger partial charge in [-0.05, 0) is 46.2 Å². The fourth-order valence-electron chi connectivity index (χ4n) is 2.95. The van der Waals surface area contributed by atoms with Crippen molar-refractivity contribution in [3.8, 4) is 5.75 Å². The Morgan fingerprint density at radius 3 is 2.55 bits per heavy atom. The number of amides is 4. The number of carbonyl (C=O) groups excluding carboxylic acids is 3. The van der Waals surface area contributed by atoms with Gasteiger partial charge in [0, 0.05) is 37.3 Å². The topological polar surface area (TPSA) is 109 Å². The molecule has 1 atom stereocenters. The molecule has 0 aliphatic carbocycles. The van der Waals surface area contributed by atoms with Gasteiger partial charge in [0.25, 0.3) is 0 Å². The lowest BCUT2D eigenvalue weighted by atomic mass is 10.2. The van der Waals surface area contributed by atoms with E-state index in [2.05, 4.69) is 16.0 Å². The fourth-order valence-corrected chi connectivity index (χ4v) is 2.95. The van der Waals surface area contributed by atoms with E-state index in [0.717, 1.165) is 13.0 Å². The minimum Gasteiger partial charge on any atom is -0.494 e. The Bertz CT molecular complexity index is 760. The van der Waals surface area contributed by atoms with Gasteiger partial charge < -0.3 is 25.0 Å². The van der Waals surface area contributed by atoms with E-state index in [1.807, 2.05) is 6.92 Å². The monoisotopic (exact) mass is 406 g/mol. The van der Waals surface area contributed by atoms with Crippen LogP contribution in [0.2, 0.25) is 0 Å². The smallest absolute Gasteiger partial charge is 0.412 e. The number of benzene rings is 1. The second-order valence-corrected chi connectivity index (χ2v) is 7.98. The third-order valence-corrected chi connectivity index (χ3v) is 4.14. The molecular formula is C20H30N4O5. The number of nitrogens with zero attached hydrogens (tertiary/aromatic N) is 1. The second-order valence-electron chi connectivity index (χ2n) is 7.98. The minimum absolute atomic E-state index is 0.122. The van der Waals surface area contributed by atoms with Gasteiger partial charge in [-0.3, -0.25) is 10.1 Å². The highest BCUT2D eigenvalue weighted by Crippen LogP contribution is 2.28. The lowest BCUT2D eigenvalue weighted by Gasteiger charge is -2.22. The molecule has 1 heterocycles. The fraction of sp³-hybridized carbons (Fsp3) is 0.550. The van der Waals surface area contributed by atoms with E-state index >= 15 is 0 Å². The van der Waals surface area contributed by atoms with Crippen LogP contribution in [0.4, 0.5) is 21.0 Å². The number of anilines is 2. The summed E-state index contributed by atoms with van der Waals surface area (Å²) in [5.74, 6) is 0.501. The number of likely N-dealkylation sites (tertiary alicyclic amines) is 1. The second kappa shape index (κ2) is 9.49. The highest BCUT2D eigenvalue weighted by Gasteiger charge is 2.22. The van der Waals surface area contributed by atoms with E-state index in [-0.39, 0.29) is 18.0 Å². The van der Waals surface area contributed by atoms with E-state index in [4.69, 9.17) is 9.47 Å². The Balaban J connectivity index is 1.92. The first-order chi connectivity index (χ1) is 13.6. The highest BCUT2D eigenvalue weighted by molar-refractivity contribution is 5.92. The van der Waals surface area contributed by atoms with Gasteiger partial charge >= 0.3 is 12.1 Å². The summed E-state index contributed by atoms with van der Waals surface area (Å²) in [4.78, 5) is 37.6. The van der Waals surface area contributed by atoms with Gasteiger partial charge in [-0.25, -0.2) is 9.59 Å². The van der Waals surface area contributed by atoms with Gasteiger partial charge in [0.15, 0.2) is 0 Å². The molecule has 0 aromatic heterocycles. The SMILES string of the molecule is COc1cc(NC(=O)NC(C)CN2CCCC2=O)ccc1NC(=O)OC(C)(C)C. The molecule has 1 aromatic rings. The van der Waals surface area contributed by atoms with Crippen LogP contribution in [0, 0.1) is 0 Å². The van der Waals surface area contributed by atoms with Crippen LogP contribution in [0.25, 0.3) is 0 Å². The molecule has 1 aromatic carbocycles. The van der Waals surface area contributed by atoms with Crippen LogP contribution in [0.5, 0.6) is 5.75 Å². The van der Waals surface area contributed by atoms with Gasteiger partial charge in [-0.1, -0.05) is 0 Å². The van der Waals surface area contributed by atoms with Gasteiger partial charge in [0.2, 0.25) is 5.91 Å². The van der Waals surface area contributed by atoms with Gasteiger partial charge in [0.1, 0.15) is 11.4 Å². The number of nitrogens with one attached hydrogen (secondary N) is 3. The highest BCUT2D eigenvalue weighted by atomic mass is 16.6. The quantitative estimate of drug-likeness (QED) is 0.672. The largest absolute Gasteiger partial charge is 0.494 e. The number of hydrogen-bond acceptors (Lipinski definition) is 5. The first-order valence-corrected chi connectivity index (χ1v) is 9.60. The molecule has 0 saturated carbocycles. The van der Waals surface area contributed by atoms with Crippen molar-refractivity contribution in [1.82, 2.24) is 10.2 Å². The van der Waals surface area contributed by atoms with E-state index in [0.29, 0.717) is 30.1 Å². The molecule has 0 radical (unpaired) electrons. The molecule has 4 amide bonds. The third-order valence-electron chi connectivity index (χ3n) is 4.14. The van der Waals surface area contributed by atoms with E-state index in [1.165, 1.54) is 7.11 Å². The van der Waals surface area contributed by atoms with E-state index in [9.17, 15) is 14.4 Å². The van der Waals surface area contributed by atoms with Crippen molar-refractivity contribution in [3.05, 3.63) is 18.2 Å². The molecule has 2 rings (SSSR count). The lowest BCUT2D eigenvalue weighted by Crippen LogP contribution is -2.44. The van der Waals surface area contributed by atoms with Crippen LogP contribution < -0.4 is 20.7 Å². The zero-order valence-corrected chi connectivity index (χ0v) is 17.6. The van der Waals surface area contributed by atoms with Crippen LogP contribution in [0.3, 0.4) is 0 Å². The van der Waals surface area contributed by atoms with Crippen molar-refractivity contribution in [1.29, 1.82) is 0 Å². The average Bonchev–Trinajstić information content (AvgIpc) is 2.99. The summed E-state index contributed by atoms with van der Waals surface area (Å²) in [6.07, 6.45) is 0.836. The van der Waals surface area contributed by atoms with Crippen molar-refractivity contribution in [2.24, 2.45) is 0 Å². The van der Waals surface area contributed by atoms with Gasteiger partial charge in [-0.15, -0.1) is 0 Å². The average molecular weight is 406 g/mol. The maximum absolute atomic E-state index is 12.2. The molecule has 1 aliphatic heterocycles. The Morgan fingerprint density at radius 2 is 1.97 bits per heavy atom. The number of ether oxygens (including phenoxy) is 2. The number of hydrogen-bond donors (Lipinski definition) is 3. The molecule has 1 unspecified atom stereocenters. The summed E-state index contributed by atoms with van der Waals surface area (Å²) < 4.78 is 10.5. The number of carbonyl (C=O) groups is 3. The van der Waals surface area contributed by atoms with Crippen molar-refractivity contribution in [2.75, 3.05) is 30.8 Å². The number of rotatable bonds is 6. The molecule has 0 bridgehead atoms. The standard InChI is InChI=1S/C20H30N4O5/c1-13(12-24-10-6-7-17(24)25)21-18(26)22-14-8-9-15(16(11-14)28-5)23-19(27)29-20(2,3)4/h8-9,11,13H,6-7,10,12H2,1-5H3,(H,23,27)(H2,21,22,26). The molecule has 0 spiro atoms. The van der Waals surface area contributed by atoms with Crippen LogP contribution in [0.1, 0.15) is 40.5 Å². The Kier molecular flexibility index (Phi) is 7.30. The maximum Gasteiger partial charge on any atom is 0.412 e. The van der Waals surface area contributed by atoms with E-state index < -0.39 is 11.7 Å². The van der Waals surface area contributed by atoms with E-state index in [1.54, 1.807) is 43.9 Å². The van der Waals surface area contributed by atoms with Crippen LogP contribution in [-0.4, -0.2) is 54.8 Å². The molecule has 1 aliphatic rings. The normalized spacial score (nSPS) is 14.9. The minimum atomic E-state index is -0.618. The van der Waals surface area contributed by atoms with Crippen molar-refractivity contribution in [2.45, 2.75) is 52.2 Å². The van der Waals surface area contributed by atoms with Crippen LogP contribution >= 0.6 is 0 Å². The summed E-state index contributed by atoms with van der Waals surface area (Å²) in [5, 5.41) is 8.16. The van der Waals surface area contributed by atoms with Gasteiger partial charge in [-0.2, -0.15) is 0 Å². The third kappa shape index (κ3) is 7.17. The molecule has 160 valence electrons. The molecule has 9 heteroatoms. The summed E-state index contributed by atoms with van der Waals surface area (Å²) in [6, 6.07) is 4.28. The Labute approximate surface area is 171 Å². The molecule has 1 fully saturated rings. The summed E-state index contributed by atoms with van der Waals surface area (Å²) >= 11 is 0. The summed E-state index contributed by atoms with van der Waals surface area (Å²) in [6.45, 7) is 8.38. The molecule has 9 nitrogen and oxygen atoms in total. The summed E-state index contributed by atoms with van der Waals surface area (Å²) in [5.41, 5.74) is 0.306. The molecular weight excluding hydrogens is 376 g/mol. The van der Waals surface area contributed by atoms with Crippen molar-refractivity contribution < 1.29 is 23.9 Å². The number of methoxy groups -OCH3 is 1. The molecule has 3 N–H and O–H groups in total. The van der Waals surface area contributed by atoms with Crippen molar-refractivity contribution >= 4 is 29.4 Å². The van der Waals surface area contributed by atoms with Crippen LogP contribution in [-0.2, 0) is 9.53 Å². The predicted octanol–water partition coefficient (Wildman–Crippen LogP) is 3.17. The molecule has 1 saturated heterocycles. The first kappa shape index (κ1) is 22.3. The predicted molar refractivity (Wildman–Crippen MR) is 110 cm³/mol. The van der Waals surface area contributed by atoms with Gasteiger partial charge in [0.05, 0.1) is 12.8 Å². The zero-order chi connectivity index (χ0) is 21.6. The lowest BCUT2D eigenvalue weighted by molar-refractivity contribution is -0.127. The Hall–Kier alpha value is -2.97.